The van der Waals surface area contributed by atoms with Crippen molar-refractivity contribution in [2.45, 2.75) is 13.5 Å². The van der Waals surface area contributed by atoms with Crippen LogP contribution in [0, 0.1) is 6.92 Å². The van der Waals surface area contributed by atoms with Crippen LogP contribution in [0.3, 0.4) is 0 Å². The zero-order valence-corrected chi connectivity index (χ0v) is 17.2. The summed E-state index contributed by atoms with van der Waals surface area (Å²) in [7, 11) is 3.43. The molecule has 0 saturated heterocycles. The summed E-state index contributed by atoms with van der Waals surface area (Å²) >= 11 is 0. The van der Waals surface area contributed by atoms with Crippen molar-refractivity contribution in [3.05, 3.63) is 59.7 Å². The lowest BCUT2D eigenvalue weighted by atomic mass is 10.1. The first-order chi connectivity index (χ1) is 11.7. The van der Waals surface area contributed by atoms with Gasteiger partial charge in [-0.3, -0.25) is 4.99 Å². The maximum Gasteiger partial charge on any atom is 0.191 e. The number of rotatable bonds is 7. The van der Waals surface area contributed by atoms with Gasteiger partial charge in [0.1, 0.15) is 18.1 Å². The predicted octanol–water partition coefficient (Wildman–Crippen LogP) is 3.37. The third-order valence-electron chi connectivity index (χ3n) is 3.44. The SMILES string of the molecule is CN=C(NCCOc1ccccc1)NCc1cc(C)cc(OC)c1.I. The number of para-hydroxylation sites is 1. The number of nitrogens with one attached hydrogen (secondary N) is 2. The fourth-order valence-corrected chi connectivity index (χ4v) is 2.31. The van der Waals surface area contributed by atoms with Gasteiger partial charge in [-0.15, -0.1) is 24.0 Å². The molecule has 0 amide bonds. The van der Waals surface area contributed by atoms with E-state index in [-0.39, 0.29) is 24.0 Å². The zero-order valence-electron chi connectivity index (χ0n) is 14.9. The highest BCUT2D eigenvalue weighted by atomic mass is 127. The molecule has 2 aromatic rings. The molecular weight excluding hydrogens is 429 g/mol. The summed E-state index contributed by atoms with van der Waals surface area (Å²) < 4.78 is 10.9. The van der Waals surface area contributed by atoms with Crippen molar-refractivity contribution in [1.29, 1.82) is 0 Å². The summed E-state index contributed by atoms with van der Waals surface area (Å²) in [4.78, 5) is 4.22. The van der Waals surface area contributed by atoms with Crippen LogP contribution in [0.2, 0.25) is 0 Å². The van der Waals surface area contributed by atoms with Gasteiger partial charge in [0.15, 0.2) is 5.96 Å². The van der Waals surface area contributed by atoms with E-state index in [2.05, 4.69) is 28.6 Å². The number of benzene rings is 2. The standard InChI is InChI=1S/C19H25N3O2.HI/c1-15-11-16(13-18(12-15)23-3)14-22-19(20-2)21-9-10-24-17-7-5-4-6-8-17;/h4-8,11-13H,9-10,14H2,1-3H3,(H2,20,21,22);1H. The zero-order chi connectivity index (χ0) is 17.2. The van der Waals surface area contributed by atoms with Gasteiger partial charge >= 0.3 is 0 Å². The third-order valence-corrected chi connectivity index (χ3v) is 3.44. The maximum atomic E-state index is 5.65. The monoisotopic (exact) mass is 455 g/mol. The molecule has 2 N–H and O–H groups in total. The van der Waals surface area contributed by atoms with Crippen molar-refractivity contribution < 1.29 is 9.47 Å². The quantitative estimate of drug-likeness (QED) is 0.291. The highest BCUT2D eigenvalue weighted by molar-refractivity contribution is 14.0. The first-order valence-electron chi connectivity index (χ1n) is 7.98. The number of hydrogen-bond donors (Lipinski definition) is 2. The summed E-state index contributed by atoms with van der Waals surface area (Å²) in [6.45, 7) is 3.98. The van der Waals surface area contributed by atoms with Crippen molar-refractivity contribution >= 4 is 29.9 Å². The summed E-state index contributed by atoms with van der Waals surface area (Å²) in [6.07, 6.45) is 0. The Kier molecular flexibility index (Phi) is 9.76. The minimum atomic E-state index is 0. The number of guanidine groups is 1. The third kappa shape index (κ3) is 7.64. The smallest absolute Gasteiger partial charge is 0.191 e. The Morgan fingerprint density at radius 3 is 2.48 bits per heavy atom. The van der Waals surface area contributed by atoms with Gasteiger partial charge in [-0.05, 0) is 42.3 Å². The molecule has 0 radical (unpaired) electrons. The molecule has 5 nitrogen and oxygen atoms in total. The minimum absolute atomic E-state index is 0. The fourth-order valence-electron chi connectivity index (χ4n) is 2.31. The van der Waals surface area contributed by atoms with Gasteiger partial charge in [0.05, 0.1) is 13.7 Å². The van der Waals surface area contributed by atoms with Crippen LogP contribution in [0.25, 0.3) is 0 Å². The van der Waals surface area contributed by atoms with E-state index in [1.807, 2.05) is 42.5 Å². The van der Waals surface area contributed by atoms with Crippen LogP contribution in [0.4, 0.5) is 0 Å². The second kappa shape index (κ2) is 11.6. The van der Waals surface area contributed by atoms with Crippen molar-refractivity contribution in [1.82, 2.24) is 10.6 Å². The van der Waals surface area contributed by atoms with Crippen molar-refractivity contribution in [3.8, 4) is 11.5 Å². The Labute approximate surface area is 166 Å². The molecule has 0 aliphatic carbocycles. The van der Waals surface area contributed by atoms with Gasteiger partial charge in [-0.25, -0.2) is 0 Å². The predicted molar refractivity (Wildman–Crippen MR) is 113 cm³/mol. The first-order valence-corrected chi connectivity index (χ1v) is 7.98. The Hall–Kier alpha value is -1.96. The van der Waals surface area contributed by atoms with E-state index in [0.29, 0.717) is 19.7 Å². The molecule has 0 aliphatic rings. The second-order valence-electron chi connectivity index (χ2n) is 5.37. The minimum Gasteiger partial charge on any atom is -0.497 e. The van der Waals surface area contributed by atoms with E-state index < -0.39 is 0 Å². The highest BCUT2D eigenvalue weighted by Crippen LogP contribution is 2.16. The van der Waals surface area contributed by atoms with Crippen LogP contribution in [-0.4, -0.2) is 33.3 Å². The fraction of sp³-hybridized carbons (Fsp3) is 0.316. The molecule has 0 saturated carbocycles. The molecule has 0 fully saturated rings. The average molecular weight is 455 g/mol. The topological polar surface area (TPSA) is 54.9 Å². The number of ether oxygens (including phenoxy) is 2. The molecule has 0 bridgehead atoms. The molecular formula is C19H26IN3O2. The molecule has 2 rings (SSSR count). The van der Waals surface area contributed by atoms with Gasteiger partial charge in [-0.2, -0.15) is 0 Å². The van der Waals surface area contributed by atoms with Gasteiger partial charge in [0.2, 0.25) is 0 Å². The van der Waals surface area contributed by atoms with E-state index in [1.165, 1.54) is 5.56 Å². The Balaban J connectivity index is 0.00000312. The Bertz CT molecular complexity index is 663. The van der Waals surface area contributed by atoms with E-state index in [4.69, 9.17) is 9.47 Å². The maximum absolute atomic E-state index is 5.65. The van der Waals surface area contributed by atoms with Crippen molar-refractivity contribution in [2.75, 3.05) is 27.3 Å². The largest absolute Gasteiger partial charge is 0.497 e. The van der Waals surface area contributed by atoms with Crippen LogP contribution in [0.15, 0.2) is 53.5 Å². The number of aliphatic imine (C=N–C) groups is 1. The summed E-state index contributed by atoms with van der Waals surface area (Å²) in [6, 6.07) is 15.9. The number of methoxy groups -OCH3 is 1. The summed E-state index contributed by atoms with van der Waals surface area (Å²) in [5.74, 6) is 2.48. The number of hydrogen-bond acceptors (Lipinski definition) is 3. The van der Waals surface area contributed by atoms with E-state index >= 15 is 0 Å². The molecule has 0 unspecified atom stereocenters. The van der Waals surface area contributed by atoms with Crippen LogP contribution in [0.5, 0.6) is 11.5 Å². The van der Waals surface area contributed by atoms with Crippen LogP contribution < -0.4 is 20.1 Å². The number of nitrogens with zero attached hydrogens (tertiary/aromatic N) is 1. The molecule has 2 aromatic carbocycles. The molecule has 6 heteroatoms. The Morgan fingerprint density at radius 1 is 1.04 bits per heavy atom. The lowest BCUT2D eigenvalue weighted by Gasteiger charge is -2.13. The molecule has 0 aliphatic heterocycles. The van der Waals surface area contributed by atoms with E-state index in [1.54, 1.807) is 14.2 Å². The summed E-state index contributed by atoms with van der Waals surface area (Å²) in [5.41, 5.74) is 2.32. The van der Waals surface area contributed by atoms with E-state index in [0.717, 1.165) is 23.0 Å². The molecule has 0 aromatic heterocycles. The normalized spacial score (nSPS) is 10.6. The lowest BCUT2D eigenvalue weighted by molar-refractivity contribution is 0.322. The molecule has 25 heavy (non-hydrogen) atoms. The van der Waals surface area contributed by atoms with Crippen molar-refractivity contribution in [2.24, 2.45) is 4.99 Å². The summed E-state index contributed by atoms with van der Waals surface area (Å²) in [5, 5.41) is 6.53. The van der Waals surface area contributed by atoms with Crippen LogP contribution in [-0.2, 0) is 6.54 Å². The van der Waals surface area contributed by atoms with E-state index in [9.17, 15) is 0 Å². The lowest BCUT2D eigenvalue weighted by Crippen LogP contribution is -2.38. The first kappa shape index (κ1) is 21.1. The van der Waals surface area contributed by atoms with Gasteiger partial charge in [0, 0.05) is 13.6 Å². The average Bonchev–Trinajstić information content (AvgIpc) is 2.61. The van der Waals surface area contributed by atoms with Crippen LogP contribution in [0.1, 0.15) is 11.1 Å². The molecule has 0 atom stereocenters. The van der Waals surface area contributed by atoms with Gasteiger partial charge in [0.25, 0.3) is 0 Å². The van der Waals surface area contributed by atoms with Gasteiger partial charge in [-0.1, -0.05) is 24.3 Å². The number of aryl methyl sites for hydroxylation is 1. The second-order valence-corrected chi connectivity index (χ2v) is 5.37. The van der Waals surface area contributed by atoms with Gasteiger partial charge < -0.3 is 20.1 Å². The Morgan fingerprint density at radius 2 is 1.80 bits per heavy atom. The number of halogens is 1. The molecule has 0 heterocycles. The molecule has 136 valence electrons. The molecule has 0 spiro atoms. The highest BCUT2D eigenvalue weighted by Gasteiger charge is 2.01. The van der Waals surface area contributed by atoms with Crippen LogP contribution >= 0.6 is 24.0 Å². The van der Waals surface area contributed by atoms with Crippen molar-refractivity contribution in [3.63, 3.8) is 0 Å².